The van der Waals surface area contributed by atoms with E-state index in [0.29, 0.717) is 25.2 Å². The average Bonchev–Trinajstić information content (AvgIpc) is 3.00. The number of amides is 1. The third-order valence-corrected chi connectivity index (χ3v) is 5.00. The molecule has 0 saturated carbocycles. The molecule has 0 aromatic heterocycles. The molecule has 0 aliphatic carbocycles. The summed E-state index contributed by atoms with van der Waals surface area (Å²) in [6.45, 7) is 11.5. The van der Waals surface area contributed by atoms with Gasteiger partial charge in [0.2, 0.25) is 5.91 Å². The highest BCUT2D eigenvalue weighted by atomic mass is 16.5. The second kappa shape index (κ2) is 9.32. The molecule has 25 heavy (non-hydrogen) atoms. The standard InChI is InChI=1S/C20H33N3O2/c1-14(2)23-13-18(11-19(23)20(24)21-8-9-25-5)22-12-17-10-15(3)6-7-16(17)4/h6-7,10,14,18-19,22H,8-9,11-13H2,1-5H3,(H,21,24)/t18-,19+/m1/s1. The molecule has 140 valence electrons. The lowest BCUT2D eigenvalue weighted by Crippen LogP contribution is -2.46. The lowest BCUT2D eigenvalue weighted by molar-refractivity contribution is -0.126. The average molecular weight is 348 g/mol. The van der Waals surface area contributed by atoms with E-state index in [0.717, 1.165) is 19.5 Å². The summed E-state index contributed by atoms with van der Waals surface area (Å²) in [6.07, 6.45) is 0.849. The summed E-state index contributed by atoms with van der Waals surface area (Å²) in [5.74, 6) is 0.113. The third kappa shape index (κ3) is 5.53. The Morgan fingerprint density at radius 1 is 1.36 bits per heavy atom. The number of hydrogen-bond acceptors (Lipinski definition) is 4. The number of rotatable bonds is 8. The largest absolute Gasteiger partial charge is 0.383 e. The van der Waals surface area contributed by atoms with Crippen LogP contribution in [0.5, 0.6) is 0 Å². The quantitative estimate of drug-likeness (QED) is 0.707. The van der Waals surface area contributed by atoms with Crippen molar-refractivity contribution >= 4 is 5.91 Å². The van der Waals surface area contributed by atoms with Crippen LogP contribution in [0.15, 0.2) is 18.2 Å². The molecule has 1 fully saturated rings. The van der Waals surface area contributed by atoms with Gasteiger partial charge < -0.3 is 15.4 Å². The molecule has 5 heteroatoms. The van der Waals surface area contributed by atoms with Gasteiger partial charge in [-0.2, -0.15) is 0 Å². The number of carbonyl (C=O) groups is 1. The maximum Gasteiger partial charge on any atom is 0.237 e. The Morgan fingerprint density at radius 2 is 2.12 bits per heavy atom. The van der Waals surface area contributed by atoms with Gasteiger partial charge in [0, 0.05) is 38.8 Å². The van der Waals surface area contributed by atoms with E-state index in [-0.39, 0.29) is 11.9 Å². The zero-order chi connectivity index (χ0) is 18.4. The summed E-state index contributed by atoms with van der Waals surface area (Å²) in [5.41, 5.74) is 3.93. The Bertz CT molecular complexity index is 574. The Morgan fingerprint density at radius 3 is 2.80 bits per heavy atom. The van der Waals surface area contributed by atoms with Crippen molar-refractivity contribution in [1.82, 2.24) is 15.5 Å². The number of nitrogens with one attached hydrogen (secondary N) is 2. The number of likely N-dealkylation sites (tertiary alicyclic amines) is 1. The van der Waals surface area contributed by atoms with Gasteiger partial charge in [0.1, 0.15) is 0 Å². The van der Waals surface area contributed by atoms with Crippen LogP contribution >= 0.6 is 0 Å². The molecular weight excluding hydrogens is 314 g/mol. The van der Waals surface area contributed by atoms with Gasteiger partial charge in [-0.05, 0) is 45.2 Å². The summed E-state index contributed by atoms with van der Waals surface area (Å²) in [6, 6.07) is 7.19. The highest BCUT2D eigenvalue weighted by molar-refractivity contribution is 5.82. The Balaban J connectivity index is 1.94. The Hall–Kier alpha value is -1.43. The minimum Gasteiger partial charge on any atom is -0.383 e. The molecule has 0 radical (unpaired) electrons. The van der Waals surface area contributed by atoms with Gasteiger partial charge in [-0.1, -0.05) is 23.8 Å². The minimum absolute atomic E-state index is 0.0621. The fourth-order valence-electron chi connectivity index (χ4n) is 3.48. The van der Waals surface area contributed by atoms with E-state index in [1.165, 1.54) is 16.7 Å². The number of methoxy groups -OCH3 is 1. The molecule has 2 rings (SSSR count). The fraction of sp³-hybridized carbons (Fsp3) is 0.650. The zero-order valence-electron chi connectivity index (χ0n) is 16.3. The van der Waals surface area contributed by atoms with E-state index in [2.05, 4.69) is 61.4 Å². The first-order valence-corrected chi connectivity index (χ1v) is 9.24. The van der Waals surface area contributed by atoms with E-state index in [9.17, 15) is 4.79 Å². The van der Waals surface area contributed by atoms with Crippen LogP contribution in [0.1, 0.15) is 37.0 Å². The van der Waals surface area contributed by atoms with Crippen LogP contribution < -0.4 is 10.6 Å². The van der Waals surface area contributed by atoms with Gasteiger partial charge >= 0.3 is 0 Å². The maximum absolute atomic E-state index is 12.5. The van der Waals surface area contributed by atoms with Crippen molar-refractivity contribution in [2.75, 3.05) is 26.8 Å². The maximum atomic E-state index is 12.5. The second-order valence-corrected chi connectivity index (χ2v) is 7.33. The molecule has 5 nitrogen and oxygen atoms in total. The van der Waals surface area contributed by atoms with Crippen LogP contribution in [-0.4, -0.2) is 55.7 Å². The molecule has 1 saturated heterocycles. The summed E-state index contributed by atoms with van der Waals surface area (Å²) >= 11 is 0. The van der Waals surface area contributed by atoms with Crippen molar-refractivity contribution in [3.05, 3.63) is 34.9 Å². The van der Waals surface area contributed by atoms with Crippen LogP contribution in [0.4, 0.5) is 0 Å². The summed E-state index contributed by atoms with van der Waals surface area (Å²) < 4.78 is 5.02. The molecule has 1 aromatic carbocycles. The van der Waals surface area contributed by atoms with Gasteiger partial charge in [-0.3, -0.25) is 9.69 Å². The van der Waals surface area contributed by atoms with Gasteiger partial charge in [0.15, 0.2) is 0 Å². The lowest BCUT2D eigenvalue weighted by atomic mass is 10.0. The predicted octanol–water partition coefficient (Wildman–Crippen LogP) is 2.01. The third-order valence-electron chi connectivity index (χ3n) is 5.00. The number of hydrogen-bond donors (Lipinski definition) is 2. The van der Waals surface area contributed by atoms with Crippen LogP contribution in [-0.2, 0) is 16.1 Å². The van der Waals surface area contributed by atoms with Crippen molar-refractivity contribution < 1.29 is 9.53 Å². The summed E-state index contributed by atoms with van der Waals surface area (Å²) in [7, 11) is 1.65. The normalized spacial score (nSPS) is 21.0. The first-order chi connectivity index (χ1) is 11.9. The first-order valence-electron chi connectivity index (χ1n) is 9.24. The Kier molecular flexibility index (Phi) is 7.41. The van der Waals surface area contributed by atoms with Gasteiger partial charge in [0.25, 0.3) is 0 Å². The van der Waals surface area contributed by atoms with E-state index in [4.69, 9.17) is 4.74 Å². The number of ether oxygens (including phenoxy) is 1. The van der Waals surface area contributed by atoms with Crippen LogP contribution in [0.25, 0.3) is 0 Å². The van der Waals surface area contributed by atoms with Crippen molar-refractivity contribution in [2.24, 2.45) is 0 Å². The summed E-state index contributed by atoms with van der Waals surface area (Å²) in [5, 5.41) is 6.64. The fourth-order valence-corrected chi connectivity index (χ4v) is 3.48. The van der Waals surface area contributed by atoms with Crippen molar-refractivity contribution in [3.63, 3.8) is 0 Å². The van der Waals surface area contributed by atoms with Crippen LogP contribution in [0.2, 0.25) is 0 Å². The lowest BCUT2D eigenvalue weighted by Gasteiger charge is -2.27. The number of carbonyl (C=O) groups excluding carboxylic acids is 1. The molecule has 1 aliphatic heterocycles. The van der Waals surface area contributed by atoms with Gasteiger partial charge in [0.05, 0.1) is 12.6 Å². The van der Waals surface area contributed by atoms with Crippen LogP contribution in [0, 0.1) is 13.8 Å². The first kappa shape index (κ1) is 19.9. The SMILES string of the molecule is COCCNC(=O)[C@@H]1C[C@@H](NCc2cc(C)ccc2C)CN1C(C)C. The molecule has 2 N–H and O–H groups in total. The smallest absolute Gasteiger partial charge is 0.237 e. The minimum atomic E-state index is -0.0621. The molecular formula is C20H33N3O2. The van der Waals surface area contributed by atoms with E-state index >= 15 is 0 Å². The second-order valence-electron chi connectivity index (χ2n) is 7.33. The van der Waals surface area contributed by atoms with E-state index < -0.39 is 0 Å². The molecule has 1 heterocycles. The zero-order valence-corrected chi connectivity index (χ0v) is 16.3. The molecule has 1 amide bonds. The van der Waals surface area contributed by atoms with Crippen molar-refractivity contribution in [2.45, 2.75) is 58.8 Å². The van der Waals surface area contributed by atoms with Crippen molar-refractivity contribution in [1.29, 1.82) is 0 Å². The van der Waals surface area contributed by atoms with E-state index in [1.807, 2.05) is 0 Å². The highest BCUT2D eigenvalue weighted by Crippen LogP contribution is 2.21. The molecule has 2 atom stereocenters. The summed E-state index contributed by atoms with van der Waals surface area (Å²) in [4.78, 5) is 14.8. The number of nitrogens with zero attached hydrogens (tertiary/aromatic N) is 1. The van der Waals surface area contributed by atoms with Crippen LogP contribution in [0.3, 0.4) is 0 Å². The molecule has 0 bridgehead atoms. The van der Waals surface area contributed by atoms with Crippen molar-refractivity contribution in [3.8, 4) is 0 Å². The van der Waals surface area contributed by atoms with E-state index in [1.54, 1.807) is 7.11 Å². The topological polar surface area (TPSA) is 53.6 Å². The molecule has 0 spiro atoms. The monoisotopic (exact) mass is 347 g/mol. The number of aryl methyl sites for hydroxylation is 2. The molecule has 1 aliphatic rings. The van der Waals surface area contributed by atoms with Gasteiger partial charge in [-0.25, -0.2) is 0 Å². The molecule has 1 aromatic rings. The highest BCUT2D eigenvalue weighted by Gasteiger charge is 2.37. The van der Waals surface area contributed by atoms with Gasteiger partial charge in [-0.15, -0.1) is 0 Å². The molecule has 0 unspecified atom stereocenters. The number of benzene rings is 1. The Labute approximate surface area is 152 Å². The predicted molar refractivity (Wildman–Crippen MR) is 102 cm³/mol.